The molecule has 1 aliphatic rings. The molecule has 1 aromatic rings. The highest BCUT2D eigenvalue weighted by Crippen LogP contribution is 2.29. The molecule has 1 heterocycles. The van der Waals surface area contributed by atoms with Crippen molar-refractivity contribution in [1.29, 1.82) is 0 Å². The number of carbonyl (C=O) groups is 1. The van der Waals surface area contributed by atoms with Crippen LogP contribution in [0.4, 0.5) is 13.2 Å². The number of alkyl halides is 3. The van der Waals surface area contributed by atoms with E-state index in [0.717, 1.165) is 29.7 Å². The van der Waals surface area contributed by atoms with Crippen LogP contribution in [0.2, 0.25) is 0 Å². The Bertz CT molecular complexity index is 736. The van der Waals surface area contributed by atoms with Crippen LogP contribution in [0, 0.1) is 0 Å². The zero-order valence-electron chi connectivity index (χ0n) is 11.2. The molecule has 1 aromatic carbocycles. The number of nitrogens with zero attached hydrogens (tertiary/aromatic N) is 1. The van der Waals surface area contributed by atoms with Crippen molar-refractivity contribution in [2.45, 2.75) is 12.6 Å². The average Bonchev–Trinajstić information content (AvgIpc) is 2.44. The van der Waals surface area contributed by atoms with E-state index in [1.54, 1.807) is 0 Å². The summed E-state index contributed by atoms with van der Waals surface area (Å²) in [5.74, 6) is -0.790. The fourth-order valence-electron chi connectivity index (χ4n) is 1.89. The first-order valence-electron chi connectivity index (χ1n) is 6.29. The van der Waals surface area contributed by atoms with Crippen LogP contribution >= 0.6 is 0 Å². The number of carbonyl (C=O) groups excluding carboxylic acids is 1. The quantitative estimate of drug-likeness (QED) is 0.783. The van der Waals surface area contributed by atoms with Gasteiger partial charge < -0.3 is 0 Å². The van der Waals surface area contributed by atoms with Crippen LogP contribution in [0.1, 0.15) is 17.5 Å². The molecule has 0 bridgehead atoms. The number of hydrogen-bond acceptors (Lipinski definition) is 3. The van der Waals surface area contributed by atoms with Crippen molar-refractivity contribution in [3.63, 3.8) is 0 Å². The lowest BCUT2D eigenvalue weighted by Crippen LogP contribution is -2.36. The van der Waals surface area contributed by atoms with E-state index in [-0.39, 0.29) is 12.1 Å². The van der Waals surface area contributed by atoms with Crippen LogP contribution < -0.4 is 0 Å². The predicted molar refractivity (Wildman–Crippen MR) is 74.9 cm³/mol. The number of hydrogen-bond donors (Lipinski definition) is 0. The fourth-order valence-corrected chi connectivity index (χ4v) is 3.08. The first kappa shape index (κ1) is 16.3. The summed E-state index contributed by atoms with van der Waals surface area (Å²) in [6.45, 7) is 0.0184. The SMILES string of the molecule is O=C(/C=C/c1cccc(C(F)(F)F)c1)N1CCC=CS1(=O)=O. The highest BCUT2D eigenvalue weighted by molar-refractivity contribution is 7.92. The standard InChI is InChI=1S/C14H12F3NO3S/c15-14(16,17)12-5-3-4-11(10-12)6-7-13(19)18-8-1-2-9-22(18,20)21/h2-7,9-10H,1,8H2/b7-6+. The van der Waals surface area contributed by atoms with Gasteiger partial charge in [-0.2, -0.15) is 13.2 Å². The molecule has 2 rings (SSSR count). The van der Waals surface area contributed by atoms with Gasteiger partial charge >= 0.3 is 6.18 Å². The molecule has 118 valence electrons. The van der Waals surface area contributed by atoms with Gasteiger partial charge in [0.1, 0.15) is 0 Å². The maximum Gasteiger partial charge on any atom is 0.416 e. The van der Waals surface area contributed by atoms with Crippen molar-refractivity contribution >= 4 is 22.0 Å². The second-order valence-electron chi connectivity index (χ2n) is 4.57. The average molecular weight is 331 g/mol. The summed E-state index contributed by atoms with van der Waals surface area (Å²) >= 11 is 0. The zero-order valence-corrected chi connectivity index (χ0v) is 12.1. The maximum absolute atomic E-state index is 12.6. The summed E-state index contributed by atoms with van der Waals surface area (Å²) in [5, 5.41) is 0.937. The lowest BCUT2D eigenvalue weighted by Gasteiger charge is -2.21. The van der Waals surface area contributed by atoms with E-state index < -0.39 is 27.7 Å². The van der Waals surface area contributed by atoms with Crippen LogP contribution in [0.15, 0.2) is 41.8 Å². The third-order valence-electron chi connectivity index (χ3n) is 2.95. The van der Waals surface area contributed by atoms with Gasteiger partial charge in [0.15, 0.2) is 0 Å². The topological polar surface area (TPSA) is 54.5 Å². The van der Waals surface area contributed by atoms with Gasteiger partial charge in [-0.1, -0.05) is 18.2 Å². The van der Waals surface area contributed by atoms with Crippen LogP contribution in [0.25, 0.3) is 6.08 Å². The molecular formula is C14H12F3NO3S. The lowest BCUT2D eigenvalue weighted by atomic mass is 10.1. The summed E-state index contributed by atoms with van der Waals surface area (Å²) in [4.78, 5) is 11.9. The second kappa shape index (κ2) is 5.96. The summed E-state index contributed by atoms with van der Waals surface area (Å²) in [6, 6.07) is 4.41. The number of rotatable bonds is 2. The summed E-state index contributed by atoms with van der Waals surface area (Å²) in [5.41, 5.74) is -0.677. The molecule has 0 spiro atoms. The molecule has 0 aromatic heterocycles. The molecule has 22 heavy (non-hydrogen) atoms. The zero-order chi connectivity index (χ0) is 16.4. The highest BCUT2D eigenvalue weighted by atomic mass is 32.2. The first-order valence-corrected chi connectivity index (χ1v) is 7.79. The maximum atomic E-state index is 12.6. The van der Waals surface area contributed by atoms with Crippen LogP contribution in [-0.4, -0.2) is 25.2 Å². The Hall–Kier alpha value is -2.09. The van der Waals surface area contributed by atoms with Crippen molar-refractivity contribution in [1.82, 2.24) is 4.31 Å². The van der Waals surface area contributed by atoms with E-state index in [2.05, 4.69) is 0 Å². The van der Waals surface area contributed by atoms with Crippen molar-refractivity contribution in [3.05, 3.63) is 53.0 Å². The minimum atomic E-state index is -4.48. The van der Waals surface area contributed by atoms with E-state index in [1.807, 2.05) is 0 Å². The molecule has 4 nitrogen and oxygen atoms in total. The van der Waals surface area contributed by atoms with E-state index in [4.69, 9.17) is 0 Å². The van der Waals surface area contributed by atoms with Crippen molar-refractivity contribution < 1.29 is 26.4 Å². The predicted octanol–water partition coefficient (Wildman–Crippen LogP) is 2.79. The van der Waals surface area contributed by atoms with Crippen molar-refractivity contribution in [2.75, 3.05) is 6.54 Å². The molecule has 0 atom stereocenters. The number of amides is 1. The minimum absolute atomic E-state index is 0.0184. The Morgan fingerprint density at radius 2 is 2.00 bits per heavy atom. The van der Waals surface area contributed by atoms with Gasteiger partial charge in [-0.05, 0) is 30.2 Å². The fraction of sp³-hybridized carbons (Fsp3) is 0.214. The smallest absolute Gasteiger partial charge is 0.269 e. The van der Waals surface area contributed by atoms with Crippen molar-refractivity contribution in [3.8, 4) is 0 Å². The van der Waals surface area contributed by atoms with Gasteiger partial charge in [-0.15, -0.1) is 0 Å². The third kappa shape index (κ3) is 3.76. The molecule has 0 aliphatic carbocycles. The minimum Gasteiger partial charge on any atom is -0.269 e. The molecular weight excluding hydrogens is 319 g/mol. The van der Waals surface area contributed by atoms with Gasteiger partial charge in [-0.3, -0.25) is 4.79 Å². The Morgan fingerprint density at radius 1 is 1.27 bits per heavy atom. The van der Waals surface area contributed by atoms with Gasteiger partial charge in [-0.25, -0.2) is 12.7 Å². The van der Waals surface area contributed by atoms with Crippen LogP contribution in [0.3, 0.4) is 0 Å². The lowest BCUT2D eigenvalue weighted by molar-refractivity contribution is -0.137. The Labute approximate surface area is 125 Å². The summed E-state index contributed by atoms with van der Waals surface area (Å²) in [7, 11) is -3.79. The second-order valence-corrected chi connectivity index (χ2v) is 6.32. The van der Waals surface area contributed by atoms with Crippen LogP contribution in [0.5, 0.6) is 0 Å². The normalized spacial score (nSPS) is 17.9. The first-order chi connectivity index (χ1) is 10.2. The third-order valence-corrected chi connectivity index (χ3v) is 4.47. The summed E-state index contributed by atoms with van der Waals surface area (Å²) < 4.78 is 61.7. The van der Waals surface area contributed by atoms with Gasteiger partial charge in [0.2, 0.25) is 0 Å². The van der Waals surface area contributed by atoms with Gasteiger partial charge in [0.25, 0.3) is 15.9 Å². The van der Waals surface area contributed by atoms with Crippen molar-refractivity contribution in [2.24, 2.45) is 0 Å². The molecule has 0 unspecified atom stereocenters. The highest BCUT2D eigenvalue weighted by Gasteiger charge is 2.30. The van der Waals surface area contributed by atoms with E-state index in [0.29, 0.717) is 10.7 Å². The van der Waals surface area contributed by atoms with E-state index in [1.165, 1.54) is 18.2 Å². The van der Waals surface area contributed by atoms with Crippen LogP contribution in [-0.2, 0) is 21.0 Å². The Kier molecular flexibility index (Phi) is 4.41. The Balaban J connectivity index is 2.19. The molecule has 1 aliphatic heterocycles. The number of benzene rings is 1. The Morgan fingerprint density at radius 3 is 2.64 bits per heavy atom. The molecule has 8 heteroatoms. The molecule has 0 N–H and O–H groups in total. The molecule has 0 fully saturated rings. The molecule has 0 saturated carbocycles. The van der Waals surface area contributed by atoms with Gasteiger partial charge in [0, 0.05) is 18.0 Å². The number of halogens is 3. The summed E-state index contributed by atoms with van der Waals surface area (Å²) in [6.07, 6.45) is -0.523. The molecule has 1 amide bonds. The van der Waals surface area contributed by atoms with E-state index >= 15 is 0 Å². The monoisotopic (exact) mass is 331 g/mol. The largest absolute Gasteiger partial charge is 0.416 e. The van der Waals surface area contributed by atoms with Gasteiger partial charge in [0.05, 0.1) is 5.56 Å². The molecule has 0 radical (unpaired) electrons. The van der Waals surface area contributed by atoms with E-state index in [9.17, 15) is 26.4 Å². The molecule has 0 saturated heterocycles. The number of sulfonamides is 1.